The molecule has 0 saturated heterocycles. The van der Waals surface area contributed by atoms with E-state index in [1.54, 1.807) is 55.5 Å². The van der Waals surface area contributed by atoms with E-state index in [9.17, 15) is 13.5 Å². The van der Waals surface area contributed by atoms with Crippen molar-refractivity contribution in [3.63, 3.8) is 0 Å². The van der Waals surface area contributed by atoms with E-state index in [0.29, 0.717) is 18.7 Å². The molecule has 3 aromatic rings. The molecule has 0 amide bonds. The van der Waals surface area contributed by atoms with Crippen LogP contribution < -0.4 is 9.46 Å². The summed E-state index contributed by atoms with van der Waals surface area (Å²) in [6, 6.07) is 24.9. The fourth-order valence-electron chi connectivity index (χ4n) is 3.10. The minimum absolute atomic E-state index is 0.0867. The zero-order valence-corrected chi connectivity index (χ0v) is 17.0. The molecule has 0 aliphatic heterocycles. The zero-order chi connectivity index (χ0) is 20.7. The van der Waals surface area contributed by atoms with Crippen molar-refractivity contribution in [2.24, 2.45) is 0 Å². The second kappa shape index (κ2) is 9.58. The number of hydrogen-bond donors (Lipinski definition) is 2. The van der Waals surface area contributed by atoms with Gasteiger partial charge in [-0.25, -0.2) is 8.42 Å². The third-order valence-corrected chi connectivity index (χ3v) is 5.88. The monoisotopic (exact) mass is 411 g/mol. The van der Waals surface area contributed by atoms with Gasteiger partial charge in [0.15, 0.2) is 0 Å². The van der Waals surface area contributed by atoms with Crippen LogP contribution in [-0.4, -0.2) is 26.2 Å². The Kier molecular flexibility index (Phi) is 6.90. The van der Waals surface area contributed by atoms with E-state index in [1.807, 2.05) is 36.4 Å². The molecule has 152 valence electrons. The number of ether oxygens (including phenoxy) is 1. The Morgan fingerprint density at radius 1 is 0.931 bits per heavy atom. The highest BCUT2D eigenvalue weighted by Crippen LogP contribution is 2.26. The lowest BCUT2D eigenvalue weighted by atomic mass is 9.94. The maximum atomic E-state index is 12.6. The quantitative estimate of drug-likeness (QED) is 0.546. The van der Waals surface area contributed by atoms with Crippen LogP contribution in [0.2, 0.25) is 0 Å². The van der Waals surface area contributed by atoms with Crippen molar-refractivity contribution in [1.82, 2.24) is 0 Å². The topological polar surface area (TPSA) is 75.6 Å². The minimum Gasteiger partial charge on any atom is -0.493 e. The van der Waals surface area contributed by atoms with Crippen LogP contribution in [0.15, 0.2) is 89.8 Å². The van der Waals surface area contributed by atoms with Crippen molar-refractivity contribution in [2.45, 2.75) is 30.3 Å². The van der Waals surface area contributed by atoms with Gasteiger partial charge in [-0.05, 0) is 55.3 Å². The lowest BCUT2D eigenvalue weighted by molar-refractivity contribution is 0.158. The lowest BCUT2D eigenvalue weighted by Crippen LogP contribution is -2.17. The van der Waals surface area contributed by atoms with Gasteiger partial charge >= 0.3 is 0 Å². The molecule has 3 aromatic carbocycles. The molecule has 0 aliphatic rings. The number of aliphatic hydroxyl groups excluding tert-OH is 1. The molecule has 0 saturated carbocycles. The average molecular weight is 412 g/mol. The van der Waals surface area contributed by atoms with E-state index in [2.05, 4.69) is 4.72 Å². The van der Waals surface area contributed by atoms with Crippen LogP contribution in [-0.2, 0) is 10.0 Å². The standard InChI is InChI=1S/C23H25NO4S/c1-18(25)15-20(17-28-22-11-4-2-5-12-22)19-9-8-10-21(16-19)24-29(26,27)23-13-6-3-7-14-23/h2-14,16,18,20,24-25H,15,17H2,1H3. The maximum absolute atomic E-state index is 12.6. The van der Waals surface area contributed by atoms with E-state index in [-0.39, 0.29) is 10.8 Å². The van der Waals surface area contributed by atoms with E-state index in [0.717, 1.165) is 11.3 Å². The van der Waals surface area contributed by atoms with E-state index in [1.165, 1.54) is 0 Å². The summed E-state index contributed by atoms with van der Waals surface area (Å²) in [6.45, 7) is 2.11. The molecule has 5 nitrogen and oxygen atoms in total. The number of benzene rings is 3. The summed E-state index contributed by atoms with van der Waals surface area (Å²) in [4.78, 5) is 0.207. The maximum Gasteiger partial charge on any atom is 0.261 e. The highest BCUT2D eigenvalue weighted by atomic mass is 32.2. The molecule has 2 N–H and O–H groups in total. The molecule has 2 unspecified atom stereocenters. The first-order valence-electron chi connectivity index (χ1n) is 9.48. The summed E-state index contributed by atoms with van der Waals surface area (Å²) in [7, 11) is -3.66. The van der Waals surface area contributed by atoms with Gasteiger partial charge in [0, 0.05) is 11.6 Å². The van der Waals surface area contributed by atoms with Gasteiger partial charge in [-0.15, -0.1) is 0 Å². The van der Waals surface area contributed by atoms with E-state index >= 15 is 0 Å². The zero-order valence-electron chi connectivity index (χ0n) is 16.2. The first kappa shape index (κ1) is 20.9. The highest BCUT2D eigenvalue weighted by molar-refractivity contribution is 7.92. The summed E-state index contributed by atoms with van der Waals surface area (Å²) in [5.41, 5.74) is 1.37. The molecule has 2 atom stereocenters. The van der Waals surface area contributed by atoms with Gasteiger partial charge in [0.05, 0.1) is 17.6 Å². The highest BCUT2D eigenvalue weighted by Gasteiger charge is 2.18. The molecule has 0 aromatic heterocycles. The number of sulfonamides is 1. The number of rotatable bonds is 9. The Bertz CT molecular complexity index is 1010. The summed E-state index contributed by atoms with van der Waals surface area (Å²) in [5, 5.41) is 9.92. The van der Waals surface area contributed by atoms with Crippen molar-refractivity contribution in [1.29, 1.82) is 0 Å². The Hall–Kier alpha value is -2.83. The SMILES string of the molecule is CC(O)CC(COc1ccccc1)c1cccc(NS(=O)(=O)c2ccccc2)c1. The van der Waals surface area contributed by atoms with E-state index < -0.39 is 16.1 Å². The molecular weight excluding hydrogens is 386 g/mol. The summed E-state index contributed by atoms with van der Waals surface area (Å²) in [5.74, 6) is 0.667. The summed E-state index contributed by atoms with van der Waals surface area (Å²) in [6.07, 6.45) is -0.00844. The van der Waals surface area contributed by atoms with Gasteiger partial charge < -0.3 is 9.84 Å². The van der Waals surface area contributed by atoms with Crippen LogP contribution in [0.1, 0.15) is 24.8 Å². The number of hydrogen-bond acceptors (Lipinski definition) is 4. The Morgan fingerprint density at radius 2 is 1.59 bits per heavy atom. The van der Waals surface area contributed by atoms with Crippen LogP contribution >= 0.6 is 0 Å². The largest absolute Gasteiger partial charge is 0.493 e. The minimum atomic E-state index is -3.66. The summed E-state index contributed by atoms with van der Waals surface area (Å²) < 4.78 is 33.7. The molecule has 0 bridgehead atoms. The number of anilines is 1. The van der Waals surface area contributed by atoms with Crippen LogP contribution in [0.5, 0.6) is 5.75 Å². The predicted octanol–water partition coefficient (Wildman–Crippen LogP) is 4.42. The average Bonchev–Trinajstić information content (AvgIpc) is 2.72. The lowest BCUT2D eigenvalue weighted by Gasteiger charge is -2.20. The molecule has 29 heavy (non-hydrogen) atoms. The number of aliphatic hydroxyl groups is 1. The second-order valence-electron chi connectivity index (χ2n) is 6.95. The smallest absolute Gasteiger partial charge is 0.261 e. The van der Waals surface area contributed by atoms with Crippen molar-refractivity contribution in [3.05, 3.63) is 90.5 Å². The van der Waals surface area contributed by atoms with Crippen LogP contribution in [0.25, 0.3) is 0 Å². The Labute approximate surface area is 172 Å². The summed E-state index contributed by atoms with van der Waals surface area (Å²) >= 11 is 0. The second-order valence-corrected chi connectivity index (χ2v) is 8.63. The molecule has 3 rings (SSSR count). The van der Waals surface area contributed by atoms with Crippen LogP contribution in [0.4, 0.5) is 5.69 Å². The molecule has 0 aliphatic carbocycles. The molecular formula is C23H25NO4S. The Morgan fingerprint density at radius 3 is 2.24 bits per heavy atom. The van der Waals surface area contributed by atoms with Crippen molar-refractivity contribution in [2.75, 3.05) is 11.3 Å². The van der Waals surface area contributed by atoms with Gasteiger partial charge in [-0.2, -0.15) is 0 Å². The van der Waals surface area contributed by atoms with Crippen molar-refractivity contribution in [3.8, 4) is 5.75 Å². The first-order valence-corrected chi connectivity index (χ1v) is 11.0. The Balaban J connectivity index is 1.78. The van der Waals surface area contributed by atoms with Gasteiger partial charge in [-0.3, -0.25) is 4.72 Å². The van der Waals surface area contributed by atoms with E-state index in [4.69, 9.17) is 4.74 Å². The van der Waals surface area contributed by atoms with Crippen molar-refractivity contribution < 1.29 is 18.3 Å². The van der Waals surface area contributed by atoms with Crippen LogP contribution in [0.3, 0.4) is 0 Å². The fraction of sp³-hybridized carbons (Fsp3) is 0.217. The first-order chi connectivity index (χ1) is 13.9. The van der Waals surface area contributed by atoms with Gasteiger partial charge in [0.25, 0.3) is 10.0 Å². The van der Waals surface area contributed by atoms with Gasteiger partial charge in [0.2, 0.25) is 0 Å². The number of nitrogens with one attached hydrogen (secondary N) is 1. The molecule has 0 radical (unpaired) electrons. The van der Waals surface area contributed by atoms with Gasteiger partial charge in [-0.1, -0.05) is 48.5 Å². The fourth-order valence-corrected chi connectivity index (χ4v) is 4.17. The third kappa shape index (κ3) is 6.07. The third-order valence-electron chi connectivity index (χ3n) is 4.48. The molecule has 6 heteroatoms. The van der Waals surface area contributed by atoms with Gasteiger partial charge in [0.1, 0.15) is 5.75 Å². The van der Waals surface area contributed by atoms with Crippen LogP contribution in [0, 0.1) is 0 Å². The number of para-hydroxylation sites is 1. The predicted molar refractivity (Wildman–Crippen MR) is 115 cm³/mol. The molecule has 0 fully saturated rings. The van der Waals surface area contributed by atoms with Crippen molar-refractivity contribution >= 4 is 15.7 Å². The normalized spacial score (nSPS) is 13.4. The molecule has 0 spiro atoms. The molecule has 0 heterocycles.